The summed E-state index contributed by atoms with van der Waals surface area (Å²) in [6.07, 6.45) is 5.22. The van der Waals surface area contributed by atoms with Crippen molar-refractivity contribution in [2.75, 3.05) is 0 Å². The van der Waals surface area contributed by atoms with Gasteiger partial charge in [0.1, 0.15) is 0 Å². The molecule has 1 aromatic heterocycles. The highest BCUT2D eigenvalue weighted by Crippen LogP contribution is 2.28. The summed E-state index contributed by atoms with van der Waals surface area (Å²) in [5.74, 6) is -0.926. The van der Waals surface area contributed by atoms with Gasteiger partial charge in [0.2, 0.25) is 0 Å². The number of carbonyl (C=O) groups is 1. The molecular formula is C19H17N3O2. The first-order valence-corrected chi connectivity index (χ1v) is 8.04. The number of carboxylic acid groups (broad SMARTS) is 1. The summed E-state index contributed by atoms with van der Waals surface area (Å²) in [7, 11) is 0. The molecule has 24 heavy (non-hydrogen) atoms. The van der Waals surface area contributed by atoms with Crippen LogP contribution in [0.15, 0.2) is 48.7 Å². The fraction of sp³-hybridized carbons (Fsp3) is 0.211. The Kier molecular flexibility index (Phi) is 3.61. The van der Waals surface area contributed by atoms with Crippen molar-refractivity contribution in [1.82, 2.24) is 15.0 Å². The fourth-order valence-electron chi connectivity index (χ4n) is 3.36. The lowest BCUT2D eigenvalue weighted by Crippen LogP contribution is -2.09. The van der Waals surface area contributed by atoms with Gasteiger partial charge in [-0.1, -0.05) is 35.5 Å². The topological polar surface area (TPSA) is 68.0 Å². The van der Waals surface area contributed by atoms with Crippen LogP contribution in [0.2, 0.25) is 0 Å². The number of fused-ring (bicyclic) bond motifs is 1. The van der Waals surface area contributed by atoms with Crippen molar-refractivity contribution in [2.24, 2.45) is 0 Å². The Morgan fingerprint density at radius 3 is 2.83 bits per heavy atom. The molecular weight excluding hydrogens is 302 g/mol. The molecule has 3 aromatic rings. The molecule has 120 valence electrons. The summed E-state index contributed by atoms with van der Waals surface area (Å²) >= 11 is 0. The van der Waals surface area contributed by atoms with Gasteiger partial charge < -0.3 is 5.11 Å². The molecule has 0 saturated carbocycles. The van der Waals surface area contributed by atoms with E-state index < -0.39 is 5.97 Å². The Hall–Kier alpha value is -2.95. The number of hydrogen-bond acceptors (Lipinski definition) is 3. The quantitative estimate of drug-likeness (QED) is 0.802. The monoisotopic (exact) mass is 319 g/mol. The van der Waals surface area contributed by atoms with Crippen LogP contribution in [-0.4, -0.2) is 26.1 Å². The molecule has 5 heteroatoms. The van der Waals surface area contributed by atoms with Crippen LogP contribution in [0.5, 0.6) is 0 Å². The molecule has 0 spiro atoms. The Morgan fingerprint density at radius 1 is 1.12 bits per heavy atom. The molecule has 5 nitrogen and oxygen atoms in total. The van der Waals surface area contributed by atoms with Crippen molar-refractivity contribution >= 4 is 5.97 Å². The predicted octanol–water partition coefficient (Wildman–Crippen LogP) is 3.18. The number of carboxylic acids is 1. The lowest BCUT2D eigenvalue weighted by atomic mass is 10.0. The molecule has 1 heterocycles. The smallest absolute Gasteiger partial charge is 0.336 e. The summed E-state index contributed by atoms with van der Waals surface area (Å²) in [5.41, 5.74) is 5.82. The average molecular weight is 319 g/mol. The van der Waals surface area contributed by atoms with Crippen LogP contribution >= 0.6 is 0 Å². The minimum Gasteiger partial charge on any atom is -0.478 e. The summed E-state index contributed by atoms with van der Waals surface area (Å²) < 4.78 is 1.76. The van der Waals surface area contributed by atoms with Crippen molar-refractivity contribution in [2.45, 2.75) is 25.8 Å². The van der Waals surface area contributed by atoms with E-state index in [0.29, 0.717) is 12.1 Å². The number of nitrogens with zero attached hydrogens (tertiary/aromatic N) is 3. The van der Waals surface area contributed by atoms with Gasteiger partial charge in [-0.15, -0.1) is 5.10 Å². The van der Waals surface area contributed by atoms with E-state index in [-0.39, 0.29) is 0 Å². The number of aromatic nitrogens is 3. The van der Waals surface area contributed by atoms with Crippen LogP contribution in [0, 0.1) is 0 Å². The molecule has 1 aliphatic carbocycles. The first kappa shape index (κ1) is 14.6. The van der Waals surface area contributed by atoms with Crippen LogP contribution in [-0.2, 0) is 19.4 Å². The Morgan fingerprint density at radius 2 is 1.96 bits per heavy atom. The Balaban J connectivity index is 1.70. The van der Waals surface area contributed by atoms with Gasteiger partial charge in [-0.3, -0.25) is 0 Å². The molecule has 0 unspecified atom stereocenters. The van der Waals surface area contributed by atoms with E-state index in [0.717, 1.165) is 29.7 Å². The van der Waals surface area contributed by atoms with Gasteiger partial charge in [-0.25, -0.2) is 9.48 Å². The highest BCUT2D eigenvalue weighted by molar-refractivity contribution is 5.89. The van der Waals surface area contributed by atoms with Crippen LogP contribution in [0.4, 0.5) is 0 Å². The van der Waals surface area contributed by atoms with E-state index >= 15 is 0 Å². The van der Waals surface area contributed by atoms with Gasteiger partial charge >= 0.3 is 5.97 Å². The molecule has 0 saturated heterocycles. The van der Waals surface area contributed by atoms with E-state index in [1.165, 1.54) is 17.5 Å². The van der Waals surface area contributed by atoms with Crippen LogP contribution in [0.1, 0.15) is 33.5 Å². The van der Waals surface area contributed by atoms with Crippen LogP contribution in [0.25, 0.3) is 11.3 Å². The van der Waals surface area contributed by atoms with E-state index in [2.05, 4.69) is 28.5 Å². The lowest BCUT2D eigenvalue weighted by molar-refractivity contribution is 0.0695. The molecule has 0 bridgehead atoms. The lowest BCUT2D eigenvalue weighted by Gasteiger charge is -2.10. The maximum Gasteiger partial charge on any atom is 0.336 e. The normalized spacial score (nSPS) is 13.0. The highest BCUT2D eigenvalue weighted by atomic mass is 16.4. The van der Waals surface area contributed by atoms with E-state index in [1.807, 2.05) is 12.1 Å². The third-order valence-corrected chi connectivity index (χ3v) is 4.58. The molecule has 2 aromatic carbocycles. The zero-order valence-electron chi connectivity index (χ0n) is 13.1. The fourth-order valence-corrected chi connectivity index (χ4v) is 3.36. The largest absolute Gasteiger partial charge is 0.478 e. The van der Waals surface area contributed by atoms with Gasteiger partial charge in [0.15, 0.2) is 0 Å². The van der Waals surface area contributed by atoms with Crippen LogP contribution < -0.4 is 0 Å². The zero-order valence-corrected chi connectivity index (χ0v) is 13.1. The van der Waals surface area contributed by atoms with Gasteiger partial charge in [0.25, 0.3) is 0 Å². The second kappa shape index (κ2) is 5.92. The summed E-state index contributed by atoms with van der Waals surface area (Å²) in [6.45, 7) is 0.384. The number of hydrogen-bond donors (Lipinski definition) is 1. The van der Waals surface area contributed by atoms with Crippen molar-refractivity contribution in [1.29, 1.82) is 0 Å². The molecule has 0 aliphatic heterocycles. The molecule has 0 amide bonds. The minimum absolute atomic E-state index is 0.299. The maximum atomic E-state index is 11.4. The third-order valence-electron chi connectivity index (χ3n) is 4.58. The summed E-state index contributed by atoms with van der Waals surface area (Å²) in [6, 6.07) is 13.5. The first-order valence-electron chi connectivity index (χ1n) is 8.04. The standard InChI is InChI=1S/C19H17N3O2/c23-19(24)17-7-2-1-4-16(17)12-22-18(11-20-21-22)15-9-8-13-5-3-6-14(13)10-15/h1-2,4,7-11H,3,5-6,12H2,(H,23,24). The van der Waals surface area contributed by atoms with Crippen molar-refractivity contribution in [3.8, 4) is 11.3 Å². The summed E-state index contributed by atoms with van der Waals surface area (Å²) in [5, 5.41) is 17.5. The second-order valence-electron chi connectivity index (χ2n) is 6.08. The van der Waals surface area contributed by atoms with Crippen molar-refractivity contribution < 1.29 is 9.90 Å². The maximum absolute atomic E-state index is 11.4. The number of aryl methyl sites for hydroxylation is 2. The van der Waals surface area contributed by atoms with E-state index in [1.54, 1.807) is 23.0 Å². The molecule has 0 fully saturated rings. The molecule has 0 atom stereocenters. The van der Waals surface area contributed by atoms with Gasteiger partial charge in [0, 0.05) is 5.56 Å². The van der Waals surface area contributed by atoms with E-state index in [4.69, 9.17) is 0 Å². The third kappa shape index (κ3) is 2.58. The summed E-state index contributed by atoms with van der Waals surface area (Å²) in [4.78, 5) is 11.4. The number of benzene rings is 2. The number of aromatic carboxylic acids is 1. The first-order chi connectivity index (χ1) is 11.7. The van der Waals surface area contributed by atoms with Gasteiger partial charge in [-0.05, 0) is 48.1 Å². The minimum atomic E-state index is -0.926. The molecule has 1 N–H and O–H groups in total. The zero-order chi connectivity index (χ0) is 16.5. The van der Waals surface area contributed by atoms with E-state index in [9.17, 15) is 9.90 Å². The second-order valence-corrected chi connectivity index (χ2v) is 6.08. The predicted molar refractivity (Wildman–Crippen MR) is 90.0 cm³/mol. The highest BCUT2D eigenvalue weighted by Gasteiger charge is 2.15. The van der Waals surface area contributed by atoms with Crippen molar-refractivity contribution in [3.63, 3.8) is 0 Å². The Labute approximate surface area is 139 Å². The van der Waals surface area contributed by atoms with Crippen LogP contribution in [0.3, 0.4) is 0 Å². The average Bonchev–Trinajstić information content (AvgIpc) is 3.23. The molecule has 4 rings (SSSR count). The van der Waals surface area contributed by atoms with Gasteiger partial charge in [-0.2, -0.15) is 0 Å². The number of rotatable bonds is 4. The van der Waals surface area contributed by atoms with Crippen molar-refractivity contribution in [3.05, 3.63) is 70.9 Å². The molecule has 0 radical (unpaired) electrons. The van der Waals surface area contributed by atoms with Gasteiger partial charge in [0.05, 0.1) is 24.0 Å². The Bertz CT molecular complexity index is 914. The SMILES string of the molecule is O=C(O)c1ccccc1Cn1nncc1-c1ccc2c(c1)CCC2. The molecule has 1 aliphatic rings.